The number of anilines is 1. The Morgan fingerprint density at radius 1 is 1.00 bits per heavy atom. The minimum Gasteiger partial charge on any atom is -0.399 e. The van der Waals surface area contributed by atoms with E-state index in [0.29, 0.717) is 38.4 Å². The number of hydrogen-bond acceptors (Lipinski definition) is 5. The molecule has 3 rings (SSSR count). The number of carbonyl (C=O) groups is 1. The molecule has 0 heterocycles. The van der Waals surface area contributed by atoms with E-state index in [1.807, 2.05) is 6.07 Å². The van der Waals surface area contributed by atoms with E-state index in [-0.39, 0.29) is 11.5 Å². The van der Waals surface area contributed by atoms with Crippen LogP contribution in [0.3, 0.4) is 0 Å². The lowest BCUT2D eigenvalue weighted by Crippen LogP contribution is -2.33. The lowest BCUT2D eigenvalue weighted by molar-refractivity contribution is -0.119. The first-order valence-electron chi connectivity index (χ1n) is 13.9. The second-order valence-corrected chi connectivity index (χ2v) is 10.9. The number of nitrogens with two attached hydrogens (primary N) is 1. The topological polar surface area (TPSA) is 73.6 Å². The number of unbranched alkanes of at least 4 members (excludes halogenated alkanes) is 3. The number of allylic oxidation sites excluding steroid dienone is 3. The van der Waals surface area contributed by atoms with E-state index in [1.54, 1.807) is 0 Å². The summed E-state index contributed by atoms with van der Waals surface area (Å²) in [6.07, 6.45) is 16.3. The van der Waals surface area contributed by atoms with Crippen molar-refractivity contribution in [2.75, 3.05) is 44.6 Å². The fraction of sp³-hybridized carbons (Fsp3) is 0.581. The van der Waals surface area contributed by atoms with Crippen molar-refractivity contribution in [1.29, 1.82) is 0 Å². The molecule has 1 unspecified atom stereocenters. The van der Waals surface area contributed by atoms with Crippen LogP contribution in [0.5, 0.6) is 0 Å². The van der Waals surface area contributed by atoms with Crippen LogP contribution < -0.4 is 11.1 Å². The molecule has 1 aromatic carbocycles. The third kappa shape index (κ3) is 9.40. The summed E-state index contributed by atoms with van der Waals surface area (Å²) in [5.74, 6) is 1.05. The first-order valence-corrected chi connectivity index (χ1v) is 14.4. The lowest BCUT2D eigenvalue weighted by Gasteiger charge is -2.37. The Kier molecular flexibility index (Phi) is 12.4. The van der Waals surface area contributed by atoms with Crippen molar-refractivity contribution in [1.82, 2.24) is 5.32 Å². The second-order valence-electron chi connectivity index (χ2n) is 10.6. The molecule has 204 valence electrons. The molecule has 0 saturated heterocycles. The summed E-state index contributed by atoms with van der Waals surface area (Å²) in [5, 5.41) is 3.59. The van der Waals surface area contributed by atoms with Crippen molar-refractivity contribution >= 4 is 29.1 Å². The van der Waals surface area contributed by atoms with E-state index < -0.39 is 0 Å². The summed E-state index contributed by atoms with van der Waals surface area (Å²) in [4.78, 5) is 12.2. The van der Waals surface area contributed by atoms with Gasteiger partial charge in [-0.1, -0.05) is 51.0 Å². The molecule has 5 nitrogen and oxygen atoms in total. The Balaban J connectivity index is 1.25. The number of fused-ring (bicyclic) bond motifs is 2. The molecule has 2 aliphatic carbocycles. The molecule has 0 radical (unpaired) electrons. The van der Waals surface area contributed by atoms with Gasteiger partial charge in [0.1, 0.15) is 5.78 Å². The van der Waals surface area contributed by atoms with Crippen LogP contribution in [0.15, 0.2) is 47.6 Å². The molecular weight excluding hydrogens is 484 g/mol. The summed E-state index contributed by atoms with van der Waals surface area (Å²) < 4.78 is 11.2. The van der Waals surface area contributed by atoms with Gasteiger partial charge in [-0.15, -0.1) is 11.6 Å². The highest BCUT2D eigenvalue weighted by Gasteiger charge is 2.34. The molecule has 6 heteroatoms. The molecular formula is C31H45ClN2O3. The number of ether oxygens (including phenoxy) is 2. The van der Waals surface area contributed by atoms with Gasteiger partial charge >= 0.3 is 0 Å². The largest absolute Gasteiger partial charge is 0.399 e. The SMILES string of the molecule is CC1(C)C2=CC(NCCCC(=O)CCCOCCOCCCCCCCl)C=CC2=Cc2ccc(N)cc21. The zero-order chi connectivity index (χ0) is 26.5. The number of ketones is 1. The minimum absolute atomic E-state index is 0.103. The second kappa shape index (κ2) is 15.5. The van der Waals surface area contributed by atoms with Gasteiger partial charge in [0.15, 0.2) is 0 Å². The zero-order valence-electron chi connectivity index (χ0n) is 22.7. The van der Waals surface area contributed by atoms with Crippen LogP contribution in [-0.4, -0.2) is 50.7 Å². The highest BCUT2D eigenvalue weighted by molar-refractivity contribution is 6.17. The molecule has 0 aliphatic heterocycles. The van der Waals surface area contributed by atoms with Gasteiger partial charge in [-0.2, -0.15) is 0 Å². The highest BCUT2D eigenvalue weighted by atomic mass is 35.5. The molecule has 0 saturated carbocycles. The normalized spacial score (nSPS) is 17.6. The van der Waals surface area contributed by atoms with Gasteiger partial charge in [0.2, 0.25) is 0 Å². The first-order chi connectivity index (χ1) is 17.9. The molecule has 0 fully saturated rings. The number of rotatable bonds is 18. The maximum atomic E-state index is 12.2. The molecule has 0 aromatic heterocycles. The zero-order valence-corrected chi connectivity index (χ0v) is 23.5. The maximum Gasteiger partial charge on any atom is 0.133 e. The molecule has 1 aromatic rings. The van der Waals surface area contributed by atoms with E-state index in [2.05, 4.69) is 55.6 Å². The van der Waals surface area contributed by atoms with Crippen LogP contribution in [0.1, 0.15) is 76.3 Å². The summed E-state index contributed by atoms with van der Waals surface area (Å²) in [6, 6.07) is 6.35. The van der Waals surface area contributed by atoms with E-state index in [9.17, 15) is 4.79 Å². The molecule has 0 spiro atoms. The number of carbonyl (C=O) groups excluding carboxylic acids is 1. The van der Waals surface area contributed by atoms with Crippen LogP contribution in [0.2, 0.25) is 0 Å². The van der Waals surface area contributed by atoms with Gasteiger partial charge < -0.3 is 20.5 Å². The molecule has 3 N–H and O–H groups in total. The summed E-state index contributed by atoms with van der Waals surface area (Å²) in [7, 11) is 0. The average Bonchev–Trinajstić information content (AvgIpc) is 2.88. The van der Waals surface area contributed by atoms with Gasteiger partial charge in [-0.25, -0.2) is 0 Å². The number of alkyl halides is 1. The van der Waals surface area contributed by atoms with Gasteiger partial charge in [0, 0.05) is 49.1 Å². The van der Waals surface area contributed by atoms with Crippen LogP contribution in [0.4, 0.5) is 5.69 Å². The number of nitrogen functional groups attached to an aromatic ring is 1. The predicted octanol–water partition coefficient (Wildman–Crippen LogP) is 6.36. The van der Waals surface area contributed by atoms with Gasteiger partial charge in [-0.05, 0) is 72.7 Å². The van der Waals surface area contributed by atoms with E-state index >= 15 is 0 Å². The standard InChI is InChI=1S/C31H45ClN2O3/c1-31(2)29-22-26(33)13-11-24(29)21-25-12-14-27(23-30(25)31)34-16-7-9-28(35)10-8-18-37-20-19-36-17-6-4-3-5-15-32/h11-14,21-23,27,34H,3-10,15-20,33H2,1-2H3. The molecule has 37 heavy (non-hydrogen) atoms. The molecule has 0 amide bonds. The van der Waals surface area contributed by atoms with Crippen LogP contribution >= 0.6 is 11.6 Å². The van der Waals surface area contributed by atoms with E-state index in [4.69, 9.17) is 26.8 Å². The van der Waals surface area contributed by atoms with Crippen molar-refractivity contribution in [2.24, 2.45) is 0 Å². The van der Waals surface area contributed by atoms with Crippen molar-refractivity contribution in [3.05, 3.63) is 58.7 Å². The highest BCUT2D eigenvalue weighted by Crippen LogP contribution is 2.45. The van der Waals surface area contributed by atoms with Crippen molar-refractivity contribution < 1.29 is 14.3 Å². The summed E-state index contributed by atoms with van der Waals surface area (Å²) in [6.45, 7) is 7.96. The number of halogens is 1. The first kappa shape index (κ1) is 29.6. The minimum atomic E-state index is -0.103. The van der Waals surface area contributed by atoms with Gasteiger partial charge in [0.05, 0.1) is 13.2 Å². The Morgan fingerprint density at radius 3 is 2.51 bits per heavy atom. The summed E-state index contributed by atoms with van der Waals surface area (Å²) >= 11 is 5.67. The third-order valence-corrected chi connectivity index (χ3v) is 7.44. The monoisotopic (exact) mass is 528 g/mol. The Morgan fingerprint density at radius 2 is 1.73 bits per heavy atom. The molecule has 1 atom stereocenters. The number of benzene rings is 1. The van der Waals surface area contributed by atoms with E-state index in [0.717, 1.165) is 50.4 Å². The molecule has 0 bridgehead atoms. The Hall–Kier alpha value is -1.92. The Labute approximate surface area is 228 Å². The van der Waals surface area contributed by atoms with Crippen LogP contribution in [0.25, 0.3) is 6.08 Å². The Bertz CT molecular complexity index is 967. The van der Waals surface area contributed by atoms with Crippen LogP contribution in [-0.2, 0) is 19.7 Å². The lowest BCUT2D eigenvalue weighted by atomic mass is 9.67. The summed E-state index contributed by atoms with van der Waals surface area (Å²) in [5.41, 5.74) is 11.9. The fourth-order valence-electron chi connectivity index (χ4n) is 5.03. The smallest absolute Gasteiger partial charge is 0.133 e. The van der Waals surface area contributed by atoms with E-state index in [1.165, 1.54) is 35.1 Å². The number of nitrogens with one attached hydrogen (secondary N) is 1. The van der Waals surface area contributed by atoms with Crippen molar-refractivity contribution in [3.63, 3.8) is 0 Å². The number of hydrogen-bond donors (Lipinski definition) is 2. The third-order valence-electron chi connectivity index (χ3n) is 7.18. The van der Waals surface area contributed by atoms with Crippen LogP contribution in [0, 0.1) is 0 Å². The fourth-order valence-corrected chi connectivity index (χ4v) is 5.22. The van der Waals surface area contributed by atoms with Crippen molar-refractivity contribution in [2.45, 2.75) is 76.7 Å². The predicted molar refractivity (Wildman–Crippen MR) is 155 cm³/mol. The maximum absolute atomic E-state index is 12.2. The van der Waals surface area contributed by atoms with Gasteiger partial charge in [-0.3, -0.25) is 4.79 Å². The average molecular weight is 529 g/mol. The van der Waals surface area contributed by atoms with Gasteiger partial charge in [0.25, 0.3) is 0 Å². The molecule has 2 aliphatic rings. The van der Waals surface area contributed by atoms with Crippen molar-refractivity contribution in [3.8, 4) is 0 Å². The number of Topliss-reactive ketones (excluding diaryl/α,β-unsaturated/α-hetero) is 1. The quantitative estimate of drug-likeness (QED) is 0.132.